The largest absolute Gasteiger partial charge is 0.478 e. The number of carboxylic acids is 1. The molecule has 1 heterocycles. The van der Waals surface area contributed by atoms with Crippen LogP contribution in [0.2, 0.25) is 0 Å². The van der Waals surface area contributed by atoms with Crippen molar-refractivity contribution in [2.75, 3.05) is 6.61 Å². The van der Waals surface area contributed by atoms with Crippen LogP contribution in [0.5, 0.6) is 0 Å². The van der Waals surface area contributed by atoms with Gasteiger partial charge >= 0.3 is 5.97 Å². The van der Waals surface area contributed by atoms with Crippen LogP contribution in [0.3, 0.4) is 0 Å². The molecule has 11 heavy (non-hydrogen) atoms. The molecule has 0 saturated carbocycles. The minimum atomic E-state index is -0.850. The number of epoxide rings is 1. The zero-order valence-corrected chi connectivity index (χ0v) is 6.70. The van der Waals surface area contributed by atoms with Crippen LogP contribution in [0, 0.1) is 5.92 Å². The summed E-state index contributed by atoms with van der Waals surface area (Å²) in [6.45, 7) is 4.33. The van der Waals surface area contributed by atoms with Crippen LogP contribution in [0.4, 0.5) is 0 Å². The SMILES string of the molecule is CC(=CC(C)[C@@H]1CO1)C(=O)O. The molecule has 0 aromatic heterocycles. The van der Waals surface area contributed by atoms with Crippen molar-refractivity contribution < 1.29 is 14.6 Å². The molecule has 1 N–H and O–H groups in total. The van der Waals surface area contributed by atoms with Gasteiger partial charge in [0.2, 0.25) is 0 Å². The molecule has 0 aliphatic carbocycles. The van der Waals surface area contributed by atoms with E-state index in [2.05, 4.69) is 0 Å². The number of carboxylic acid groups (broad SMARTS) is 1. The second-order valence-electron chi connectivity index (χ2n) is 2.89. The molecule has 1 rings (SSSR count). The quantitative estimate of drug-likeness (QED) is 0.491. The number of aliphatic carboxylic acids is 1. The van der Waals surface area contributed by atoms with Crippen molar-refractivity contribution in [3.63, 3.8) is 0 Å². The topological polar surface area (TPSA) is 49.8 Å². The van der Waals surface area contributed by atoms with Crippen molar-refractivity contribution in [2.24, 2.45) is 5.92 Å². The van der Waals surface area contributed by atoms with Gasteiger partial charge in [0.05, 0.1) is 12.7 Å². The van der Waals surface area contributed by atoms with Gasteiger partial charge in [-0.05, 0) is 6.92 Å². The molecule has 3 heteroatoms. The van der Waals surface area contributed by atoms with Crippen LogP contribution >= 0.6 is 0 Å². The van der Waals surface area contributed by atoms with Gasteiger partial charge in [-0.3, -0.25) is 0 Å². The molecule has 0 aromatic carbocycles. The molecular formula is C8H12O3. The number of hydrogen-bond acceptors (Lipinski definition) is 2. The summed E-state index contributed by atoms with van der Waals surface area (Å²) in [7, 11) is 0. The fourth-order valence-electron chi connectivity index (χ4n) is 0.932. The fraction of sp³-hybridized carbons (Fsp3) is 0.625. The molecule has 1 unspecified atom stereocenters. The predicted molar refractivity (Wildman–Crippen MR) is 40.3 cm³/mol. The van der Waals surface area contributed by atoms with Gasteiger partial charge in [0.15, 0.2) is 0 Å². The highest BCUT2D eigenvalue weighted by Gasteiger charge is 2.28. The maximum Gasteiger partial charge on any atom is 0.330 e. The molecule has 0 aromatic rings. The summed E-state index contributed by atoms with van der Waals surface area (Å²) in [4.78, 5) is 10.4. The molecule has 0 amide bonds. The van der Waals surface area contributed by atoms with E-state index in [1.54, 1.807) is 13.0 Å². The zero-order valence-electron chi connectivity index (χ0n) is 6.70. The zero-order chi connectivity index (χ0) is 8.43. The summed E-state index contributed by atoms with van der Waals surface area (Å²) < 4.78 is 5.01. The first-order chi connectivity index (χ1) is 5.11. The van der Waals surface area contributed by atoms with Gasteiger partial charge in [0, 0.05) is 11.5 Å². The Kier molecular flexibility index (Phi) is 2.29. The summed E-state index contributed by atoms with van der Waals surface area (Å²) in [5.41, 5.74) is 0.396. The van der Waals surface area contributed by atoms with Crippen LogP contribution < -0.4 is 0 Å². The van der Waals surface area contributed by atoms with Gasteiger partial charge in [-0.15, -0.1) is 0 Å². The average molecular weight is 156 g/mol. The lowest BCUT2D eigenvalue weighted by Crippen LogP contribution is -2.04. The smallest absolute Gasteiger partial charge is 0.330 e. The molecule has 0 radical (unpaired) electrons. The van der Waals surface area contributed by atoms with E-state index >= 15 is 0 Å². The fourth-order valence-corrected chi connectivity index (χ4v) is 0.932. The van der Waals surface area contributed by atoms with Crippen molar-refractivity contribution in [3.8, 4) is 0 Å². The molecular weight excluding hydrogens is 144 g/mol. The lowest BCUT2D eigenvalue weighted by molar-refractivity contribution is -0.132. The van der Waals surface area contributed by atoms with E-state index in [1.807, 2.05) is 6.92 Å². The first kappa shape index (κ1) is 8.27. The Bertz CT molecular complexity index is 192. The van der Waals surface area contributed by atoms with Crippen LogP contribution in [-0.2, 0) is 9.53 Å². The summed E-state index contributed by atoms with van der Waals surface area (Å²) in [5.74, 6) is -0.622. The van der Waals surface area contributed by atoms with Gasteiger partial charge in [0.25, 0.3) is 0 Å². The second kappa shape index (κ2) is 3.05. The van der Waals surface area contributed by atoms with Crippen LogP contribution in [0.1, 0.15) is 13.8 Å². The van der Waals surface area contributed by atoms with E-state index < -0.39 is 5.97 Å². The van der Waals surface area contributed by atoms with Crippen molar-refractivity contribution >= 4 is 5.97 Å². The molecule has 0 spiro atoms. The van der Waals surface area contributed by atoms with Gasteiger partial charge in [0.1, 0.15) is 0 Å². The minimum Gasteiger partial charge on any atom is -0.478 e. The third-order valence-electron chi connectivity index (χ3n) is 1.80. The van der Waals surface area contributed by atoms with Crippen molar-refractivity contribution in [3.05, 3.63) is 11.6 Å². The summed E-state index contributed by atoms with van der Waals surface area (Å²) in [5, 5.41) is 8.52. The predicted octanol–water partition coefficient (Wildman–Crippen LogP) is 1.05. The number of ether oxygens (including phenoxy) is 1. The Morgan fingerprint density at radius 2 is 2.36 bits per heavy atom. The highest BCUT2D eigenvalue weighted by Crippen LogP contribution is 2.21. The third kappa shape index (κ3) is 2.35. The van der Waals surface area contributed by atoms with Crippen LogP contribution in [0.25, 0.3) is 0 Å². The molecule has 0 bridgehead atoms. The highest BCUT2D eigenvalue weighted by molar-refractivity contribution is 5.85. The average Bonchev–Trinajstić information content (AvgIpc) is 2.67. The molecule has 1 aliphatic rings. The Morgan fingerprint density at radius 3 is 2.73 bits per heavy atom. The molecule has 1 saturated heterocycles. The molecule has 2 atom stereocenters. The molecule has 1 fully saturated rings. The maximum atomic E-state index is 10.4. The highest BCUT2D eigenvalue weighted by atomic mass is 16.6. The van der Waals surface area contributed by atoms with E-state index in [1.165, 1.54) is 0 Å². The van der Waals surface area contributed by atoms with E-state index in [0.29, 0.717) is 5.57 Å². The molecule has 3 nitrogen and oxygen atoms in total. The summed E-state index contributed by atoms with van der Waals surface area (Å²) in [6.07, 6.45) is 1.99. The Labute approximate surface area is 65.7 Å². The third-order valence-corrected chi connectivity index (χ3v) is 1.80. The monoisotopic (exact) mass is 156 g/mol. The first-order valence-corrected chi connectivity index (χ1v) is 3.64. The van der Waals surface area contributed by atoms with E-state index in [4.69, 9.17) is 9.84 Å². The summed E-state index contributed by atoms with van der Waals surface area (Å²) >= 11 is 0. The minimum absolute atomic E-state index is 0.228. The lowest BCUT2D eigenvalue weighted by Gasteiger charge is -2.00. The number of carbonyl (C=O) groups is 1. The van der Waals surface area contributed by atoms with Gasteiger partial charge in [-0.25, -0.2) is 4.79 Å². The Hall–Kier alpha value is -0.830. The molecule has 62 valence electrons. The second-order valence-corrected chi connectivity index (χ2v) is 2.89. The molecule has 1 aliphatic heterocycles. The normalized spacial score (nSPS) is 26.4. The van der Waals surface area contributed by atoms with E-state index in [0.717, 1.165) is 6.61 Å². The number of rotatable bonds is 3. The van der Waals surface area contributed by atoms with E-state index in [-0.39, 0.29) is 12.0 Å². The standard InChI is InChI=1S/C8H12O3/c1-5(7-4-11-7)3-6(2)8(9)10/h3,5,7H,4H2,1-2H3,(H,9,10)/t5?,7-/m0/s1. The van der Waals surface area contributed by atoms with Gasteiger partial charge in [-0.1, -0.05) is 13.0 Å². The van der Waals surface area contributed by atoms with Crippen LogP contribution in [0.15, 0.2) is 11.6 Å². The van der Waals surface area contributed by atoms with Crippen molar-refractivity contribution in [2.45, 2.75) is 20.0 Å². The lowest BCUT2D eigenvalue weighted by atomic mass is 10.1. The maximum absolute atomic E-state index is 10.4. The number of hydrogen-bond donors (Lipinski definition) is 1. The van der Waals surface area contributed by atoms with Crippen LogP contribution in [-0.4, -0.2) is 23.8 Å². The first-order valence-electron chi connectivity index (χ1n) is 3.64. The van der Waals surface area contributed by atoms with Crippen molar-refractivity contribution in [1.82, 2.24) is 0 Å². The van der Waals surface area contributed by atoms with Crippen molar-refractivity contribution in [1.29, 1.82) is 0 Å². The van der Waals surface area contributed by atoms with Gasteiger partial charge in [-0.2, -0.15) is 0 Å². The van der Waals surface area contributed by atoms with Gasteiger partial charge < -0.3 is 9.84 Å². The van der Waals surface area contributed by atoms with E-state index in [9.17, 15) is 4.79 Å². The Balaban J connectivity index is 2.48. The Morgan fingerprint density at radius 1 is 1.82 bits per heavy atom. The summed E-state index contributed by atoms with van der Waals surface area (Å²) in [6, 6.07) is 0.